The van der Waals surface area contributed by atoms with Crippen molar-refractivity contribution in [3.05, 3.63) is 76.2 Å². The maximum absolute atomic E-state index is 12.9. The number of ketones is 1. The van der Waals surface area contributed by atoms with Crippen molar-refractivity contribution in [3.63, 3.8) is 0 Å². The average Bonchev–Trinajstić information content (AvgIpc) is 3.07. The summed E-state index contributed by atoms with van der Waals surface area (Å²) in [5.74, 6) is 2.06. The molecule has 0 aromatic heterocycles. The smallest absolute Gasteiger partial charge is 0.171 e. The summed E-state index contributed by atoms with van der Waals surface area (Å²) >= 11 is 1.82. The third kappa shape index (κ3) is 5.73. The van der Waals surface area contributed by atoms with Crippen LogP contribution in [-0.2, 0) is 4.74 Å². The zero-order valence-electron chi connectivity index (χ0n) is 20.8. The Kier molecular flexibility index (Phi) is 9.22. The van der Waals surface area contributed by atoms with E-state index in [1.54, 1.807) is 0 Å². The molecule has 3 unspecified atom stereocenters. The van der Waals surface area contributed by atoms with Gasteiger partial charge in [-0.05, 0) is 44.7 Å². The maximum atomic E-state index is 12.9. The van der Waals surface area contributed by atoms with E-state index in [0.29, 0.717) is 6.04 Å². The normalized spacial score (nSPS) is 22.8. The molecule has 0 saturated heterocycles. The van der Waals surface area contributed by atoms with Gasteiger partial charge in [-0.2, -0.15) is 0 Å². The minimum absolute atomic E-state index is 0.115. The second kappa shape index (κ2) is 11.9. The van der Waals surface area contributed by atoms with Crippen LogP contribution in [-0.4, -0.2) is 23.7 Å². The van der Waals surface area contributed by atoms with Gasteiger partial charge >= 0.3 is 0 Å². The van der Waals surface area contributed by atoms with Crippen molar-refractivity contribution < 1.29 is 9.53 Å². The summed E-state index contributed by atoms with van der Waals surface area (Å²) in [6.45, 7) is 11.4. The van der Waals surface area contributed by atoms with Gasteiger partial charge in [0.15, 0.2) is 5.78 Å². The van der Waals surface area contributed by atoms with Gasteiger partial charge in [0.25, 0.3) is 0 Å². The van der Waals surface area contributed by atoms with Crippen LogP contribution in [0.4, 0.5) is 0 Å². The Morgan fingerprint density at radius 2 is 1.76 bits per heavy atom. The molecule has 4 rings (SSSR count). The standard InChI is InChI=1S/C27H33NO2S.C2H6/c1-4-27(15-10-17-28-20(3)21-11-6-5-7-12-21)16-18-31-26-19(2)24(29)22-13-8-9-14-23(22)25(26)30-27;1-2/h5-9,11-14,19-20,28H,4,10,15-18H2,1-3H3;1-2H3. The molecule has 1 aliphatic heterocycles. The van der Waals surface area contributed by atoms with Crippen molar-refractivity contribution in [2.24, 2.45) is 5.92 Å². The number of carbonyl (C=O) groups is 1. The molecule has 0 radical (unpaired) electrons. The molecule has 2 aromatic carbocycles. The first-order valence-electron chi connectivity index (χ1n) is 12.5. The molecule has 178 valence electrons. The van der Waals surface area contributed by atoms with Crippen LogP contribution in [0.1, 0.15) is 87.8 Å². The van der Waals surface area contributed by atoms with Crippen LogP contribution in [0.25, 0.3) is 5.76 Å². The molecule has 3 nitrogen and oxygen atoms in total. The number of carbonyl (C=O) groups excluding carboxylic acids is 1. The van der Waals surface area contributed by atoms with Gasteiger partial charge < -0.3 is 10.1 Å². The SMILES string of the molecule is CC.CCC1(CCCNC(C)c2ccccc2)CCSC2=C(O1)c1ccccc1C(=O)C2C. The van der Waals surface area contributed by atoms with E-state index in [0.717, 1.165) is 59.8 Å². The Morgan fingerprint density at radius 1 is 1.09 bits per heavy atom. The van der Waals surface area contributed by atoms with E-state index in [4.69, 9.17) is 4.74 Å². The number of ether oxygens (including phenoxy) is 1. The first kappa shape index (κ1) is 25.6. The van der Waals surface area contributed by atoms with Gasteiger partial charge in [-0.15, -0.1) is 11.8 Å². The highest BCUT2D eigenvalue weighted by Crippen LogP contribution is 2.47. The van der Waals surface area contributed by atoms with E-state index in [1.807, 2.05) is 56.8 Å². The molecule has 0 amide bonds. The van der Waals surface area contributed by atoms with E-state index < -0.39 is 0 Å². The molecular weight excluding hydrogens is 426 g/mol. The van der Waals surface area contributed by atoms with Crippen molar-refractivity contribution in [2.75, 3.05) is 12.3 Å². The number of Topliss-reactive ketones (excluding diaryl/α,β-unsaturated/α-hetero) is 1. The number of allylic oxidation sites excluding steroid dienone is 1. The number of hydrogen-bond donors (Lipinski definition) is 1. The highest BCUT2D eigenvalue weighted by Gasteiger charge is 2.40. The molecule has 0 fully saturated rings. The van der Waals surface area contributed by atoms with Crippen LogP contribution in [0.2, 0.25) is 0 Å². The van der Waals surface area contributed by atoms with E-state index in [2.05, 4.69) is 49.5 Å². The van der Waals surface area contributed by atoms with Gasteiger partial charge in [-0.3, -0.25) is 4.79 Å². The van der Waals surface area contributed by atoms with Crippen LogP contribution < -0.4 is 5.32 Å². The predicted molar refractivity (Wildman–Crippen MR) is 141 cm³/mol. The van der Waals surface area contributed by atoms with E-state index in [9.17, 15) is 4.79 Å². The Labute approximate surface area is 204 Å². The summed E-state index contributed by atoms with van der Waals surface area (Å²) in [5, 5.41) is 3.66. The van der Waals surface area contributed by atoms with Gasteiger partial charge in [0.05, 0.1) is 5.92 Å². The second-order valence-electron chi connectivity index (χ2n) is 8.75. The van der Waals surface area contributed by atoms with Crippen molar-refractivity contribution >= 4 is 23.3 Å². The zero-order valence-corrected chi connectivity index (χ0v) is 21.6. The minimum Gasteiger partial charge on any atom is -0.486 e. The summed E-state index contributed by atoms with van der Waals surface area (Å²) in [6, 6.07) is 18.9. The third-order valence-corrected chi connectivity index (χ3v) is 8.04. The lowest BCUT2D eigenvalue weighted by atomic mass is 9.86. The van der Waals surface area contributed by atoms with Crippen LogP contribution in [0.3, 0.4) is 0 Å². The molecular formula is C29H39NO2S. The molecule has 1 N–H and O–H groups in total. The fourth-order valence-electron chi connectivity index (χ4n) is 4.68. The Morgan fingerprint density at radius 3 is 2.45 bits per heavy atom. The second-order valence-corrected chi connectivity index (χ2v) is 9.89. The predicted octanol–water partition coefficient (Wildman–Crippen LogP) is 7.65. The molecule has 3 atom stereocenters. The lowest BCUT2D eigenvalue weighted by molar-refractivity contribution is 0.0219. The summed E-state index contributed by atoms with van der Waals surface area (Å²) in [4.78, 5) is 14.0. The van der Waals surface area contributed by atoms with Crippen molar-refractivity contribution in [1.82, 2.24) is 5.32 Å². The Balaban J connectivity index is 0.00000149. The van der Waals surface area contributed by atoms with Crippen molar-refractivity contribution in [2.45, 2.75) is 71.9 Å². The van der Waals surface area contributed by atoms with E-state index in [1.165, 1.54) is 5.56 Å². The highest BCUT2D eigenvalue weighted by molar-refractivity contribution is 8.03. The Bertz CT molecular complexity index is 955. The number of rotatable bonds is 7. The monoisotopic (exact) mass is 465 g/mol. The van der Waals surface area contributed by atoms with Gasteiger partial charge in [0.2, 0.25) is 0 Å². The third-order valence-electron chi connectivity index (χ3n) is 6.78. The summed E-state index contributed by atoms with van der Waals surface area (Å²) in [5.41, 5.74) is 2.93. The largest absolute Gasteiger partial charge is 0.486 e. The van der Waals surface area contributed by atoms with Gasteiger partial charge in [0.1, 0.15) is 11.4 Å². The van der Waals surface area contributed by atoms with Crippen LogP contribution >= 0.6 is 11.8 Å². The first-order valence-corrected chi connectivity index (χ1v) is 13.5. The lowest BCUT2D eigenvalue weighted by Crippen LogP contribution is -2.34. The molecule has 2 aromatic rings. The number of benzene rings is 2. The molecule has 0 spiro atoms. The topological polar surface area (TPSA) is 38.3 Å². The Hall–Kier alpha value is -2.04. The molecule has 1 heterocycles. The summed E-state index contributed by atoms with van der Waals surface area (Å²) < 4.78 is 6.87. The quantitative estimate of drug-likeness (QED) is 0.426. The molecule has 33 heavy (non-hydrogen) atoms. The fraction of sp³-hybridized carbons (Fsp3) is 0.483. The van der Waals surface area contributed by atoms with Crippen LogP contribution in [0.15, 0.2) is 59.5 Å². The van der Waals surface area contributed by atoms with E-state index in [-0.39, 0.29) is 17.3 Å². The summed E-state index contributed by atoms with van der Waals surface area (Å²) in [6.07, 6.45) is 4.07. The highest BCUT2D eigenvalue weighted by atomic mass is 32.2. The van der Waals surface area contributed by atoms with Gasteiger partial charge in [-0.25, -0.2) is 0 Å². The molecule has 4 heteroatoms. The zero-order chi connectivity index (χ0) is 23.8. The minimum atomic E-state index is -0.172. The molecule has 1 aliphatic carbocycles. The number of fused-ring (bicyclic) bond motifs is 2. The van der Waals surface area contributed by atoms with Crippen molar-refractivity contribution in [3.8, 4) is 0 Å². The number of hydrogen-bond acceptors (Lipinski definition) is 4. The summed E-state index contributed by atoms with van der Waals surface area (Å²) in [7, 11) is 0. The molecule has 0 bridgehead atoms. The lowest BCUT2D eigenvalue weighted by Gasteiger charge is -2.35. The fourth-order valence-corrected chi connectivity index (χ4v) is 6.01. The van der Waals surface area contributed by atoms with E-state index >= 15 is 0 Å². The van der Waals surface area contributed by atoms with Gasteiger partial charge in [-0.1, -0.05) is 82.3 Å². The van der Waals surface area contributed by atoms with Crippen LogP contribution in [0.5, 0.6) is 0 Å². The number of nitrogens with one attached hydrogen (secondary N) is 1. The van der Waals surface area contributed by atoms with Crippen LogP contribution in [0, 0.1) is 5.92 Å². The average molecular weight is 466 g/mol. The maximum Gasteiger partial charge on any atom is 0.171 e. The number of thioether (sulfide) groups is 1. The molecule has 2 aliphatic rings. The first-order chi connectivity index (χ1) is 16.0. The molecule has 0 saturated carbocycles. The van der Waals surface area contributed by atoms with Gasteiger partial charge in [0, 0.05) is 27.8 Å². The van der Waals surface area contributed by atoms with Crippen molar-refractivity contribution in [1.29, 1.82) is 0 Å².